The van der Waals surface area contributed by atoms with Crippen molar-refractivity contribution >= 4 is 33.9 Å². The highest BCUT2D eigenvalue weighted by Crippen LogP contribution is 2.35. The number of hydrogen-bond acceptors (Lipinski definition) is 5. The summed E-state index contributed by atoms with van der Waals surface area (Å²) in [4.78, 5) is 25.4. The standard InChI is InChI=1S/C17H20BrNO5/c1-23-14-10-12(9-13(18)17(14)22)5-6-16(21)24-11-15(20)19-7-3-2-4-8-19/h5-6,9-10,22H,2-4,7-8,11H2,1H3/b6-5+. The number of benzene rings is 1. The number of aromatic hydroxyl groups is 1. The minimum absolute atomic E-state index is 0.00986. The summed E-state index contributed by atoms with van der Waals surface area (Å²) >= 11 is 3.21. The van der Waals surface area contributed by atoms with Crippen LogP contribution < -0.4 is 4.74 Å². The first-order valence-electron chi connectivity index (χ1n) is 7.70. The number of amides is 1. The lowest BCUT2D eigenvalue weighted by molar-refractivity contribution is -0.148. The third-order valence-electron chi connectivity index (χ3n) is 3.73. The fourth-order valence-corrected chi connectivity index (χ4v) is 2.89. The Labute approximate surface area is 149 Å². The van der Waals surface area contributed by atoms with Crippen LogP contribution in [0.25, 0.3) is 6.08 Å². The first kappa shape index (κ1) is 18.3. The molecule has 0 bridgehead atoms. The van der Waals surface area contributed by atoms with E-state index in [-0.39, 0.29) is 24.0 Å². The highest BCUT2D eigenvalue weighted by Gasteiger charge is 2.17. The SMILES string of the molecule is COc1cc(/C=C/C(=O)OCC(=O)N2CCCCC2)cc(Br)c1O. The smallest absolute Gasteiger partial charge is 0.331 e. The van der Waals surface area contributed by atoms with Crippen molar-refractivity contribution in [1.82, 2.24) is 4.90 Å². The maximum atomic E-state index is 11.9. The number of hydrogen-bond donors (Lipinski definition) is 1. The predicted molar refractivity (Wildman–Crippen MR) is 92.8 cm³/mol. The van der Waals surface area contributed by atoms with Crippen molar-refractivity contribution in [2.24, 2.45) is 0 Å². The van der Waals surface area contributed by atoms with Crippen LogP contribution in [0.4, 0.5) is 0 Å². The number of halogens is 1. The Hall–Kier alpha value is -2.02. The van der Waals surface area contributed by atoms with Gasteiger partial charge in [-0.3, -0.25) is 4.79 Å². The fraction of sp³-hybridized carbons (Fsp3) is 0.412. The van der Waals surface area contributed by atoms with Gasteiger partial charge >= 0.3 is 5.97 Å². The van der Waals surface area contributed by atoms with Crippen molar-refractivity contribution in [3.63, 3.8) is 0 Å². The molecule has 1 aliphatic heterocycles. The molecule has 1 aromatic carbocycles. The molecule has 0 radical (unpaired) electrons. The van der Waals surface area contributed by atoms with E-state index in [1.807, 2.05) is 0 Å². The molecular weight excluding hydrogens is 378 g/mol. The van der Waals surface area contributed by atoms with Crippen LogP contribution in [0.5, 0.6) is 11.5 Å². The number of esters is 1. The number of ether oxygens (including phenoxy) is 2. The molecule has 130 valence electrons. The third kappa shape index (κ3) is 4.99. The van der Waals surface area contributed by atoms with Crippen molar-refractivity contribution in [1.29, 1.82) is 0 Å². The summed E-state index contributed by atoms with van der Waals surface area (Å²) in [6.45, 7) is 1.22. The molecule has 24 heavy (non-hydrogen) atoms. The molecule has 1 aromatic rings. The van der Waals surface area contributed by atoms with E-state index in [0.29, 0.717) is 10.0 Å². The quantitative estimate of drug-likeness (QED) is 0.610. The van der Waals surface area contributed by atoms with E-state index in [1.165, 1.54) is 19.3 Å². The molecular formula is C17H20BrNO5. The van der Waals surface area contributed by atoms with Crippen molar-refractivity contribution in [2.75, 3.05) is 26.8 Å². The van der Waals surface area contributed by atoms with Gasteiger partial charge in [0.2, 0.25) is 0 Å². The molecule has 7 heteroatoms. The Balaban J connectivity index is 1.88. The molecule has 0 saturated carbocycles. The van der Waals surface area contributed by atoms with Gasteiger partial charge in [0, 0.05) is 19.2 Å². The molecule has 1 N–H and O–H groups in total. The zero-order valence-electron chi connectivity index (χ0n) is 13.5. The van der Waals surface area contributed by atoms with Gasteiger partial charge in [0.15, 0.2) is 18.1 Å². The van der Waals surface area contributed by atoms with Gasteiger partial charge in [0.1, 0.15) is 0 Å². The molecule has 2 rings (SSSR count). The zero-order chi connectivity index (χ0) is 17.5. The molecule has 1 fully saturated rings. The Morgan fingerprint density at radius 3 is 2.67 bits per heavy atom. The average molecular weight is 398 g/mol. The first-order valence-corrected chi connectivity index (χ1v) is 8.49. The van der Waals surface area contributed by atoms with Crippen molar-refractivity contribution in [3.8, 4) is 11.5 Å². The van der Waals surface area contributed by atoms with Crippen LogP contribution in [0.1, 0.15) is 24.8 Å². The lowest BCUT2D eigenvalue weighted by atomic mass is 10.1. The molecule has 1 heterocycles. The van der Waals surface area contributed by atoms with Crippen LogP contribution in [-0.4, -0.2) is 48.7 Å². The molecule has 0 unspecified atom stereocenters. The number of nitrogens with zero attached hydrogens (tertiary/aromatic N) is 1. The Kier molecular flexibility index (Phi) is 6.66. The van der Waals surface area contributed by atoms with Gasteiger partial charge in [0.25, 0.3) is 5.91 Å². The van der Waals surface area contributed by atoms with E-state index < -0.39 is 5.97 Å². The molecule has 6 nitrogen and oxygen atoms in total. The van der Waals surface area contributed by atoms with Crippen LogP contribution >= 0.6 is 15.9 Å². The second-order valence-electron chi connectivity index (χ2n) is 5.44. The fourth-order valence-electron chi connectivity index (χ4n) is 2.43. The zero-order valence-corrected chi connectivity index (χ0v) is 15.0. The number of phenolic OH excluding ortho intramolecular Hbond substituents is 1. The Morgan fingerprint density at radius 1 is 1.29 bits per heavy atom. The van der Waals surface area contributed by atoms with Crippen LogP contribution in [0, 0.1) is 0 Å². The lowest BCUT2D eigenvalue weighted by Gasteiger charge is -2.26. The topological polar surface area (TPSA) is 76.1 Å². The summed E-state index contributed by atoms with van der Waals surface area (Å²) < 4.78 is 10.5. The summed E-state index contributed by atoms with van der Waals surface area (Å²) in [7, 11) is 1.44. The van der Waals surface area contributed by atoms with Crippen LogP contribution in [0.15, 0.2) is 22.7 Å². The van der Waals surface area contributed by atoms with Gasteiger partial charge < -0.3 is 19.5 Å². The Morgan fingerprint density at radius 2 is 2.00 bits per heavy atom. The van der Waals surface area contributed by atoms with Crippen molar-refractivity contribution in [3.05, 3.63) is 28.2 Å². The Bertz CT molecular complexity index is 638. The van der Waals surface area contributed by atoms with Gasteiger partial charge in [-0.15, -0.1) is 0 Å². The van der Waals surface area contributed by atoms with Crippen LogP contribution in [0.2, 0.25) is 0 Å². The first-order chi connectivity index (χ1) is 11.5. The second-order valence-corrected chi connectivity index (χ2v) is 6.29. The van der Waals surface area contributed by atoms with Crippen molar-refractivity contribution < 1.29 is 24.2 Å². The van der Waals surface area contributed by atoms with E-state index in [0.717, 1.165) is 32.4 Å². The summed E-state index contributed by atoms with van der Waals surface area (Å²) in [5.41, 5.74) is 0.649. The van der Waals surface area contributed by atoms with Gasteiger partial charge in [-0.1, -0.05) is 0 Å². The molecule has 0 spiro atoms. The van der Waals surface area contributed by atoms with Gasteiger partial charge in [-0.05, 0) is 59.0 Å². The summed E-state index contributed by atoms with van der Waals surface area (Å²) in [6.07, 6.45) is 5.90. The second kappa shape index (κ2) is 8.73. The molecule has 1 amide bonds. The van der Waals surface area contributed by atoms with E-state index in [4.69, 9.17) is 9.47 Å². The normalized spacial score (nSPS) is 14.7. The number of methoxy groups -OCH3 is 1. The average Bonchev–Trinajstić information content (AvgIpc) is 2.61. The maximum absolute atomic E-state index is 11.9. The maximum Gasteiger partial charge on any atom is 0.331 e. The number of likely N-dealkylation sites (tertiary alicyclic amines) is 1. The van der Waals surface area contributed by atoms with E-state index in [9.17, 15) is 14.7 Å². The molecule has 0 aromatic heterocycles. The van der Waals surface area contributed by atoms with E-state index in [2.05, 4.69) is 15.9 Å². The van der Waals surface area contributed by atoms with Gasteiger partial charge in [-0.25, -0.2) is 4.79 Å². The highest BCUT2D eigenvalue weighted by molar-refractivity contribution is 9.10. The molecule has 1 saturated heterocycles. The minimum atomic E-state index is -0.594. The van der Waals surface area contributed by atoms with E-state index >= 15 is 0 Å². The largest absolute Gasteiger partial charge is 0.503 e. The van der Waals surface area contributed by atoms with Gasteiger partial charge in [0.05, 0.1) is 11.6 Å². The van der Waals surface area contributed by atoms with Crippen LogP contribution in [-0.2, 0) is 14.3 Å². The van der Waals surface area contributed by atoms with Crippen molar-refractivity contribution in [2.45, 2.75) is 19.3 Å². The number of rotatable bonds is 5. The van der Waals surface area contributed by atoms with Crippen LogP contribution in [0.3, 0.4) is 0 Å². The number of phenols is 1. The molecule has 0 atom stereocenters. The minimum Gasteiger partial charge on any atom is -0.503 e. The van der Waals surface area contributed by atoms with Gasteiger partial charge in [-0.2, -0.15) is 0 Å². The number of piperidine rings is 1. The number of carbonyl (C=O) groups excluding carboxylic acids is 2. The van der Waals surface area contributed by atoms with E-state index in [1.54, 1.807) is 17.0 Å². The highest BCUT2D eigenvalue weighted by atomic mass is 79.9. The summed E-state index contributed by atoms with van der Waals surface area (Å²) in [5.74, 6) is -0.476. The predicted octanol–water partition coefficient (Wildman–Crippen LogP) is 2.73. The molecule has 0 aliphatic carbocycles. The third-order valence-corrected chi connectivity index (χ3v) is 4.33. The monoisotopic (exact) mass is 397 g/mol. The molecule has 1 aliphatic rings. The number of carbonyl (C=O) groups is 2. The lowest BCUT2D eigenvalue weighted by Crippen LogP contribution is -2.38. The summed E-state index contributed by atoms with van der Waals surface area (Å²) in [5, 5.41) is 9.74. The summed E-state index contributed by atoms with van der Waals surface area (Å²) in [6, 6.07) is 3.23.